The Labute approximate surface area is 92.2 Å². The highest BCUT2D eigenvalue weighted by molar-refractivity contribution is 5.77. The third-order valence-corrected chi connectivity index (χ3v) is 2.35. The van der Waals surface area contributed by atoms with Gasteiger partial charge in [0, 0.05) is 5.56 Å². The summed E-state index contributed by atoms with van der Waals surface area (Å²) in [5.41, 5.74) is 5.31. The molecule has 0 saturated carbocycles. The molecule has 1 unspecified atom stereocenters. The fourth-order valence-corrected chi connectivity index (χ4v) is 1.39. The van der Waals surface area contributed by atoms with E-state index in [0.29, 0.717) is 5.56 Å². The maximum atomic E-state index is 13.8. The van der Waals surface area contributed by atoms with Gasteiger partial charge in [0.25, 0.3) is 5.92 Å². The van der Waals surface area contributed by atoms with E-state index in [1.807, 2.05) is 0 Å². The molecule has 0 amide bonds. The number of carbonyl (C=O) groups excluding carboxylic acids is 1. The number of ether oxygens (including phenoxy) is 1. The van der Waals surface area contributed by atoms with Crippen LogP contribution in [0.1, 0.15) is 11.1 Å². The third kappa shape index (κ3) is 2.19. The minimum absolute atomic E-state index is 0.257. The quantitative estimate of drug-likeness (QED) is 0.801. The first-order valence-corrected chi connectivity index (χ1v) is 4.68. The number of aryl methyl sites for hydroxylation is 1. The van der Waals surface area contributed by atoms with Crippen molar-refractivity contribution in [3.8, 4) is 0 Å². The van der Waals surface area contributed by atoms with Crippen LogP contribution < -0.4 is 5.73 Å². The molecule has 0 aliphatic carbocycles. The van der Waals surface area contributed by atoms with Gasteiger partial charge in [-0.15, -0.1) is 0 Å². The Morgan fingerprint density at radius 1 is 1.44 bits per heavy atom. The van der Waals surface area contributed by atoms with Crippen molar-refractivity contribution >= 4 is 5.97 Å². The molecule has 1 aromatic rings. The normalized spacial score (nSPS) is 13.3. The first-order chi connectivity index (χ1) is 7.41. The highest BCUT2D eigenvalue weighted by atomic mass is 19.3. The van der Waals surface area contributed by atoms with E-state index >= 15 is 0 Å². The zero-order valence-electron chi connectivity index (χ0n) is 9.04. The van der Waals surface area contributed by atoms with Gasteiger partial charge < -0.3 is 10.5 Å². The lowest BCUT2D eigenvalue weighted by atomic mass is 9.97. The Bertz CT molecular complexity index is 393. The van der Waals surface area contributed by atoms with Crippen LogP contribution >= 0.6 is 0 Å². The van der Waals surface area contributed by atoms with Crippen molar-refractivity contribution in [3.05, 3.63) is 35.4 Å². The first-order valence-electron chi connectivity index (χ1n) is 4.68. The second-order valence-electron chi connectivity index (χ2n) is 3.44. The van der Waals surface area contributed by atoms with E-state index in [1.165, 1.54) is 25.1 Å². The number of nitrogens with two attached hydrogens (primary N) is 1. The van der Waals surface area contributed by atoms with Crippen molar-refractivity contribution in [1.82, 2.24) is 0 Å². The first kappa shape index (κ1) is 12.6. The molecule has 3 nitrogen and oxygen atoms in total. The molecule has 1 aromatic carbocycles. The van der Waals surface area contributed by atoms with Crippen molar-refractivity contribution in [3.63, 3.8) is 0 Å². The van der Waals surface area contributed by atoms with Crippen molar-refractivity contribution < 1.29 is 18.3 Å². The van der Waals surface area contributed by atoms with Crippen LogP contribution in [0.4, 0.5) is 8.78 Å². The summed E-state index contributed by atoms with van der Waals surface area (Å²) < 4.78 is 31.9. The number of hydrogen-bond acceptors (Lipinski definition) is 3. The van der Waals surface area contributed by atoms with E-state index in [-0.39, 0.29) is 5.56 Å². The van der Waals surface area contributed by atoms with Crippen molar-refractivity contribution in [2.24, 2.45) is 5.73 Å². The minimum Gasteiger partial charge on any atom is -0.468 e. The second kappa shape index (κ2) is 4.57. The molecule has 1 atom stereocenters. The van der Waals surface area contributed by atoms with E-state index in [2.05, 4.69) is 4.74 Å². The van der Waals surface area contributed by atoms with Gasteiger partial charge in [0.05, 0.1) is 7.11 Å². The summed E-state index contributed by atoms with van der Waals surface area (Å²) in [7, 11) is 1.02. The van der Waals surface area contributed by atoms with Crippen LogP contribution in [0.3, 0.4) is 0 Å². The molecule has 0 aliphatic rings. The maximum absolute atomic E-state index is 13.8. The molecule has 0 spiro atoms. The molecule has 16 heavy (non-hydrogen) atoms. The number of esters is 1. The van der Waals surface area contributed by atoms with Crippen molar-refractivity contribution in [2.75, 3.05) is 7.11 Å². The molecule has 0 heterocycles. The smallest absolute Gasteiger partial charge is 0.329 e. The molecule has 0 fully saturated rings. The number of carbonyl (C=O) groups is 1. The number of alkyl halides is 2. The zero-order chi connectivity index (χ0) is 12.3. The highest BCUT2D eigenvalue weighted by Gasteiger charge is 2.45. The third-order valence-electron chi connectivity index (χ3n) is 2.35. The monoisotopic (exact) mass is 229 g/mol. The molecular formula is C11H13F2NO2. The lowest BCUT2D eigenvalue weighted by Gasteiger charge is -2.23. The van der Waals surface area contributed by atoms with Gasteiger partial charge in [-0.25, -0.2) is 0 Å². The van der Waals surface area contributed by atoms with Crippen LogP contribution in [0.15, 0.2) is 24.3 Å². The largest absolute Gasteiger partial charge is 0.468 e. The Balaban J connectivity index is 3.11. The number of methoxy groups -OCH3 is 1. The predicted octanol–water partition coefficient (Wildman–Crippen LogP) is 1.59. The molecular weight excluding hydrogens is 216 g/mol. The summed E-state index contributed by atoms with van der Waals surface area (Å²) in [6.45, 7) is 1.53. The summed E-state index contributed by atoms with van der Waals surface area (Å²) >= 11 is 0. The van der Waals surface area contributed by atoms with Gasteiger partial charge >= 0.3 is 5.97 Å². The molecule has 0 saturated heterocycles. The topological polar surface area (TPSA) is 52.3 Å². The summed E-state index contributed by atoms with van der Waals surface area (Å²) in [5, 5.41) is 0. The van der Waals surface area contributed by atoms with Crippen LogP contribution in [-0.2, 0) is 15.5 Å². The van der Waals surface area contributed by atoms with E-state index in [4.69, 9.17) is 5.73 Å². The predicted molar refractivity (Wildman–Crippen MR) is 55.1 cm³/mol. The van der Waals surface area contributed by atoms with Crippen LogP contribution in [0.25, 0.3) is 0 Å². The minimum atomic E-state index is -3.43. The van der Waals surface area contributed by atoms with Crippen LogP contribution in [-0.4, -0.2) is 19.1 Å². The van der Waals surface area contributed by atoms with Crippen molar-refractivity contribution in [2.45, 2.75) is 18.9 Å². The van der Waals surface area contributed by atoms with Gasteiger partial charge in [-0.1, -0.05) is 24.3 Å². The number of halogens is 2. The molecule has 2 N–H and O–H groups in total. The highest BCUT2D eigenvalue weighted by Crippen LogP contribution is 2.33. The molecule has 0 radical (unpaired) electrons. The average molecular weight is 229 g/mol. The lowest BCUT2D eigenvalue weighted by Crippen LogP contribution is -2.46. The summed E-state index contributed by atoms with van der Waals surface area (Å²) in [6.07, 6.45) is 0. The SMILES string of the molecule is COC(=O)C(N)C(F)(F)c1ccccc1C. The van der Waals surface area contributed by atoms with Gasteiger partial charge in [-0.05, 0) is 12.5 Å². The standard InChI is InChI=1S/C11H13F2NO2/c1-7-5-3-4-6-8(7)11(12,13)9(14)10(15)16-2/h3-6,9H,14H2,1-2H3. The Hall–Kier alpha value is -1.49. The van der Waals surface area contributed by atoms with E-state index in [0.717, 1.165) is 7.11 Å². The average Bonchev–Trinajstić information content (AvgIpc) is 2.27. The molecule has 0 bridgehead atoms. The van der Waals surface area contributed by atoms with Crippen LogP contribution in [0.5, 0.6) is 0 Å². The summed E-state index contributed by atoms with van der Waals surface area (Å²) in [6, 6.07) is 3.91. The number of hydrogen-bond donors (Lipinski definition) is 1. The van der Waals surface area contributed by atoms with Gasteiger partial charge in [0.1, 0.15) is 0 Å². The number of rotatable bonds is 3. The van der Waals surface area contributed by atoms with E-state index in [1.54, 1.807) is 6.07 Å². The van der Waals surface area contributed by atoms with Crippen LogP contribution in [0.2, 0.25) is 0 Å². The second-order valence-corrected chi connectivity index (χ2v) is 3.44. The molecule has 1 rings (SSSR count). The summed E-state index contributed by atoms with van der Waals surface area (Å²) in [5.74, 6) is -4.56. The van der Waals surface area contributed by atoms with Gasteiger partial charge in [0.15, 0.2) is 6.04 Å². The molecule has 88 valence electrons. The van der Waals surface area contributed by atoms with Crippen LogP contribution in [0, 0.1) is 6.92 Å². The molecule has 5 heteroatoms. The maximum Gasteiger partial charge on any atom is 0.329 e. The van der Waals surface area contributed by atoms with E-state index in [9.17, 15) is 13.6 Å². The van der Waals surface area contributed by atoms with Gasteiger partial charge in [-0.3, -0.25) is 4.79 Å². The van der Waals surface area contributed by atoms with Crippen molar-refractivity contribution in [1.29, 1.82) is 0 Å². The molecule has 0 aliphatic heterocycles. The number of benzene rings is 1. The zero-order valence-corrected chi connectivity index (χ0v) is 9.04. The van der Waals surface area contributed by atoms with Gasteiger partial charge in [-0.2, -0.15) is 8.78 Å². The Morgan fingerprint density at radius 2 is 2.00 bits per heavy atom. The Morgan fingerprint density at radius 3 is 2.50 bits per heavy atom. The molecule has 0 aromatic heterocycles. The summed E-state index contributed by atoms with van der Waals surface area (Å²) in [4.78, 5) is 11.0. The fourth-order valence-electron chi connectivity index (χ4n) is 1.39. The lowest BCUT2D eigenvalue weighted by molar-refractivity contribution is -0.153. The van der Waals surface area contributed by atoms with Gasteiger partial charge in [0.2, 0.25) is 0 Å². The fraction of sp³-hybridized carbons (Fsp3) is 0.364. The van der Waals surface area contributed by atoms with E-state index < -0.39 is 17.9 Å². The Kier molecular flexibility index (Phi) is 3.59.